The van der Waals surface area contributed by atoms with Crippen molar-refractivity contribution in [3.8, 4) is 0 Å². The highest BCUT2D eigenvalue weighted by atomic mass is 32.2. The molecule has 0 aliphatic carbocycles. The molecule has 1 heterocycles. The molecular weight excluding hydrogens is 294 g/mol. The van der Waals surface area contributed by atoms with Gasteiger partial charge in [-0.1, -0.05) is 0 Å². The number of nitrogens with zero attached hydrogens (tertiary/aromatic N) is 1. The molecule has 0 N–H and O–H groups in total. The summed E-state index contributed by atoms with van der Waals surface area (Å²) >= 11 is 1.15. The Morgan fingerprint density at radius 2 is 1.90 bits per heavy atom. The maximum atomic E-state index is 12.4. The van der Waals surface area contributed by atoms with Gasteiger partial charge in [-0.3, -0.25) is 14.5 Å². The predicted molar refractivity (Wildman–Crippen MR) is 80.0 cm³/mol. The average Bonchev–Trinajstić information content (AvgIpc) is 2.81. The van der Waals surface area contributed by atoms with Gasteiger partial charge in [-0.15, -0.1) is 11.8 Å². The highest BCUT2D eigenvalue weighted by Crippen LogP contribution is 2.25. The number of ether oxygens (including phenoxy) is 2. The van der Waals surface area contributed by atoms with E-state index >= 15 is 0 Å². The van der Waals surface area contributed by atoms with E-state index in [4.69, 9.17) is 9.47 Å². The van der Waals surface area contributed by atoms with E-state index in [0.29, 0.717) is 13.0 Å². The van der Waals surface area contributed by atoms with Gasteiger partial charge in [-0.25, -0.2) is 4.79 Å². The number of carbonyl (C=O) groups excluding carboxylic acids is 3. The minimum atomic E-state index is -0.879. The SMILES string of the molecule is CSC(OC(C)=O)C(=O)C1CCCN1C(=O)OC(C)(C)C. The van der Waals surface area contributed by atoms with E-state index in [9.17, 15) is 14.4 Å². The van der Waals surface area contributed by atoms with Crippen molar-refractivity contribution in [3.63, 3.8) is 0 Å². The second-order valence-electron chi connectivity index (χ2n) is 5.91. The van der Waals surface area contributed by atoms with Crippen LogP contribution >= 0.6 is 11.8 Å². The number of hydrogen-bond acceptors (Lipinski definition) is 6. The van der Waals surface area contributed by atoms with Crippen molar-refractivity contribution in [1.29, 1.82) is 0 Å². The average molecular weight is 317 g/mol. The van der Waals surface area contributed by atoms with Crippen molar-refractivity contribution < 1.29 is 23.9 Å². The van der Waals surface area contributed by atoms with Gasteiger partial charge in [0.05, 0.1) is 6.04 Å². The third-order valence-corrected chi connectivity index (χ3v) is 3.69. The molecule has 0 saturated carbocycles. The lowest BCUT2D eigenvalue weighted by Gasteiger charge is -2.29. The van der Waals surface area contributed by atoms with Crippen molar-refractivity contribution >= 4 is 29.6 Å². The molecule has 0 aromatic carbocycles. The summed E-state index contributed by atoms with van der Waals surface area (Å²) in [5.41, 5.74) is -1.49. The van der Waals surface area contributed by atoms with Gasteiger partial charge < -0.3 is 9.47 Å². The van der Waals surface area contributed by atoms with E-state index < -0.39 is 29.1 Å². The first-order valence-corrected chi connectivity index (χ1v) is 8.18. The van der Waals surface area contributed by atoms with Crippen LogP contribution in [0, 0.1) is 0 Å². The summed E-state index contributed by atoms with van der Waals surface area (Å²) in [6, 6.07) is -0.586. The zero-order chi connectivity index (χ0) is 16.2. The summed E-state index contributed by atoms with van der Waals surface area (Å²) in [6.07, 6.45) is 2.49. The Morgan fingerprint density at radius 3 is 2.38 bits per heavy atom. The molecule has 1 aliphatic rings. The molecule has 2 unspecified atom stereocenters. The number of amides is 1. The first kappa shape index (κ1) is 17.8. The number of thioether (sulfide) groups is 1. The van der Waals surface area contributed by atoms with Crippen LogP contribution in [0.2, 0.25) is 0 Å². The van der Waals surface area contributed by atoms with Gasteiger partial charge in [0.2, 0.25) is 11.2 Å². The minimum absolute atomic E-state index is 0.263. The Kier molecular flexibility index (Phi) is 6.07. The van der Waals surface area contributed by atoms with Gasteiger partial charge in [0.15, 0.2) is 0 Å². The first-order chi connectivity index (χ1) is 9.65. The third-order valence-electron chi connectivity index (χ3n) is 2.93. The number of hydrogen-bond donors (Lipinski definition) is 0. The molecule has 1 amide bonds. The predicted octanol–water partition coefficient (Wildman–Crippen LogP) is 2.21. The van der Waals surface area contributed by atoms with E-state index in [1.54, 1.807) is 27.0 Å². The highest BCUT2D eigenvalue weighted by molar-refractivity contribution is 7.99. The first-order valence-electron chi connectivity index (χ1n) is 6.89. The smallest absolute Gasteiger partial charge is 0.410 e. The Morgan fingerprint density at radius 1 is 1.29 bits per heavy atom. The number of Topliss-reactive ketones (excluding diaryl/α,β-unsaturated/α-hetero) is 1. The van der Waals surface area contributed by atoms with E-state index in [0.717, 1.165) is 18.2 Å². The molecule has 0 aromatic rings. The third kappa shape index (κ3) is 5.22. The monoisotopic (exact) mass is 317 g/mol. The van der Waals surface area contributed by atoms with Gasteiger partial charge in [0.1, 0.15) is 5.60 Å². The van der Waals surface area contributed by atoms with Crippen molar-refractivity contribution in [2.75, 3.05) is 12.8 Å². The lowest BCUT2D eigenvalue weighted by atomic mass is 10.1. The number of likely N-dealkylation sites (tertiary alicyclic amines) is 1. The standard InChI is InChI=1S/C14H23NO5S/c1-9(16)19-12(21-5)11(17)10-7-6-8-15(10)13(18)20-14(2,3)4/h10,12H,6-8H2,1-5H3. The van der Waals surface area contributed by atoms with E-state index in [1.165, 1.54) is 11.8 Å². The summed E-state index contributed by atoms with van der Waals surface area (Å²) in [5, 5.41) is 0. The fourth-order valence-electron chi connectivity index (χ4n) is 2.13. The number of esters is 1. The minimum Gasteiger partial charge on any atom is -0.444 e. The summed E-state index contributed by atoms with van der Waals surface area (Å²) < 4.78 is 10.3. The normalized spacial score (nSPS) is 20.0. The van der Waals surface area contributed by atoms with Crippen LogP contribution in [0.3, 0.4) is 0 Å². The van der Waals surface area contributed by atoms with Crippen LogP contribution in [0.25, 0.3) is 0 Å². The van der Waals surface area contributed by atoms with Crippen molar-refractivity contribution in [2.24, 2.45) is 0 Å². The Bertz CT molecular complexity index is 418. The van der Waals surface area contributed by atoms with Crippen LogP contribution in [0.5, 0.6) is 0 Å². The van der Waals surface area contributed by atoms with Gasteiger partial charge in [-0.2, -0.15) is 0 Å². The van der Waals surface area contributed by atoms with Crippen LogP contribution in [0.4, 0.5) is 4.79 Å². The lowest BCUT2D eigenvalue weighted by Crippen LogP contribution is -2.46. The van der Waals surface area contributed by atoms with Crippen molar-refractivity contribution in [3.05, 3.63) is 0 Å². The summed E-state index contributed by atoms with van der Waals surface area (Å²) in [4.78, 5) is 37.1. The second kappa shape index (κ2) is 7.15. The van der Waals surface area contributed by atoms with E-state index in [1.807, 2.05) is 0 Å². The van der Waals surface area contributed by atoms with Crippen LogP contribution in [0.15, 0.2) is 0 Å². The molecule has 0 spiro atoms. The van der Waals surface area contributed by atoms with Gasteiger partial charge in [-0.05, 0) is 39.9 Å². The van der Waals surface area contributed by atoms with Gasteiger partial charge >= 0.3 is 12.1 Å². The lowest BCUT2D eigenvalue weighted by molar-refractivity contribution is -0.149. The molecule has 1 saturated heterocycles. The van der Waals surface area contributed by atoms with Gasteiger partial charge in [0, 0.05) is 13.5 Å². The molecule has 120 valence electrons. The van der Waals surface area contributed by atoms with Crippen molar-refractivity contribution in [2.45, 2.75) is 57.6 Å². The quantitative estimate of drug-likeness (QED) is 0.585. The van der Waals surface area contributed by atoms with Crippen LogP contribution in [-0.2, 0) is 19.1 Å². The molecule has 0 aromatic heterocycles. The number of carbonyl (C=O) groups is 3. The summed E-state index contributed by atoms with van der Waals surface area (Å²) in [7, 11) is 0. The van der Waals surface area contributed by atoms with Crippen molar-refractivity contribution in [1.82, 2.24) is 4.90 Å². The van der Waals surface area contributed by atoms with Crippen LogP contribution in [-0.4, -0.2) is 52.6 Å². The largest absolute Gasteiger partial charge is 0.444 e. The fourth-order valence-corrected chi connectivity index (χ4v) is 2.75. The second-order valence-corrected chi connectivity index (χ2v) is 6.81. The maximum absolute atomic E-state index is 12.4. The molecule has 21 heavy (non-hydrogen) atoms. The summed E-state index contributed by atoms with van der Waals surface area (Å²) in [5.74, 6) is -0.773. The number of rotatable bonds is 4. The molecule has 7 heteroatoms. The zero-order valence-electron chi connectivity index (χ0n) is 13.2. The molecule has 6 nitrogen and oxygen atoms in total. The Hall–Kier alpha value is -1.24. The zero-order valence-corrected chi connectivity index (χ0v) is 14.0. The maximum Gasteiger partial charge on any atom is 0.410 e. The molecule has 0 bridgehead atoms. The molecular formula is C14H23NO5S. The Balaban J connectivity index is 2.78. The van der Waals surface area contributed by atoms with E-state index in [-0.39, 0.29) is 5.78 Å². The molecule has 1 rings (SSSR count). The van der Waals surface area contributed by atoms with E-state index in [2.05, 4.69) is 0 Å². The highest BCUT2D eigenvalue weighted by Gasteiger charge is 2.40. The molecule has 0 radical (unpaired) electrons. The fraction of sp³-hybridized carbons (Fsp3) is 0.786. The van der Waals surface area contributed by atoms with Crippen LogP contribution < -0.4 is 0 Å². The summed E-state index contributed by atoms with van der Waals surface area (Å²) in [6.45, 7) is 7.08. The van der Waals surface area contributed by atoms with Gasteiger partial charge in [0.25, 0.3) is 0 Å². The Labute approximate surface area is 129 Å². The number of ketones is 1. The topological polar surface area (TPSA) is 72.9 Å². The molecule has 2 atom stereocenters. The molecule has 1 fully saturated rings. The van der Waals surface area contributed by atoms with Crippen LogP contribution in [0.1, 0.15) is 40.5 Å². The molecule has 1 aliphatic heterocycles.